The Balaban J connectivity index is 1.64. The first-order valence-electron chi connectivity index (χ1n) is 9.31. The number of anilines is 1. The molecule has 0 bridgehead atoms. The molecule has 0 saturated carbocycles. The maximum absolute atomic E-state index is 13.3. The third-order valence-electron chi connectivity index (χ3n) is 4.60. The van der Waals surface area contributed by atoms with Crippen LogP contribution in [0.25, 0.3) is 16.7 Å². The molecule has 1 amide bonds. The second-order valence-electron chi connectivity index (χ2n) is 7.90. The summed E-state index contributed by atoms with van der Waals surface area (Å²) in [6.45, 7) is 6.12. The van der Waals surface area contributed by atoms with Crippen LogP contribution in [0.5, 0.6) is 0 Å². The lowest BCUT2D eigenvalue weighted by molar-refractivity contribution is -0.115. The molecule has 0 spiro atoms. The molecule has 2 heterocycles. The molecule has 1 N–H and O–H groups in total. The highest BCUT2D eigenvalue weighted by Crippen LogP contribution is 2.27. The predicted molar refractivity (Wildman–Crippen MR) is 109 cm³/mol. The molecule has 29 heavy (non-hydrogen) atoms. The van der Waals surface area contributed by atoms with Crippen molar-refractivity contribution >= 4 is 22.7 Å². The number of nitrogens with one attached hydrogen (secondary N) is 1. The zero-order valence-electron chi connectivity index (χ0n) is 16.4. The quantitative estimate of drug-likeness (QED) is 0.549. The number of para-hydroxylation sites is 1. The maximum atomic E-state index is 13.3. The van der Waals surface area contributed by atoms with E-state index < -0.39 is 0 Å². The van der Waals surface area contributed by atoms with Gasteiger partial charge in [-0.25, -0.2) is 9.07 Å². The van der Waals surface area contributed by atoms with E-state index in [1.807, 2.05) is 51.1 Å². The second kappa shape index (κ2) is 7.16. The van der Waals surface area contributed by atoms with Crippen molar-refractivity contribution in [1.29, 1.82) is 0 Å². The SMILES string of the molecule is CC(C)(C)c1cc(NC(=O)Cc2noc3ccccc23)n(-c2ccc(F)cc2)n1. The lowest BCUT2D eigenvalue weighted by Gasteiger charge is -2.14. The summed E-state index contributed by atoms with van der Waals surface area (Å²) in [6, 6.07) is 15.2. The highest BCUT2D eigenvalue weighted by atomic mass is 19.1. The Hall–Kier alpha value is -3.48. The number of benzene rings is 2. The highest BCUT2D eigenvalue weighted by molar-refractivity contribution is 5.94. The molecule has 0 fully saturated rings. The molecule has 6 nitrogen and oxygen atoms in total. The summed E-state index contributed by atoms with van der Waals surface area (Å²) < 4.78 is 20.2. The van der Waals surface area contributed by atoms with Gasteiger partial charge in [0.1, 0.15) is 17.3 Å². The number of halogens is 1. The van der Waals surface area contributed by atoms with E-state index in [2.05, 4.69) is 15.6 Å². The molecule has 7 heteroatoms. The van der Waals surface area contributed by atoms with E-state index in [1.54, 1.807) is 16.8 Å². The topological polar surface area (TPSA) is 73.0 Å². The predicted octanol–water partition coefficient (Wildman–Crippen LogP) is 4.63. The summed E-state index contributed by atoms with van der Waals surface area (Å²) >= 11 is 0. The number of hydrogen-bond donors (Lipinski definition) is 1. The third kappa shape index (κ3) is 3.89. The Labute approximate surface area is 167 Å². The zero-order chi connectivity index (χ0) is 20.6. The summed E-state index contributed by atoms with van der Waals surface area (Å²) in [5, 5.41) is 12.4. The number of carbonyl (C=O) groups excluding carboxylic acids is 1. The van der Waals surface area contributed by atoms with Crippen molar-refractivity contribution in [3.05, 3.63) is 71.8 Å². The largest absolute Gasteiger partial charge is 0.356 e. The van der Waals surface area contributed by atoms with Gasteiger partial charge in [-0.05, 0) is 36.4 Å². The van der Waals surface area contributed by atoms with Crippen LogP contribution in [0.1, 0.15) is 32.2 Å². The summed E-state index contributed by atoms with van der Waals surface area (Å²) in [6.07, 6.45) is 0.0659. The molecule has 4 aromatic rings. The van der Waals surface area contributed by atoms with Crippen LogP contribution >= 0.6 is 0 Å². The van der Waals surface area contributed by atoms with Crippen molar-refractivity contribution in [3.8, 4) is 5.69 Å². The average molecular weight is 392 g/mol. The van der Waals surface area contributed by atoms with Gasteiger partial charge in [0.15, 0.2) is 5.58 Å². The lowest BCUT2D eigenvalue weighted by Crippen LogP contribution is -2.17. The number of nitrogens with zero attached hydrogens (tertiary/aromatic N) is 3. The van der Waals surface area contributed by atoms with E-state index in [-0.39, 0.29) is 23.6 Å². The van der Waals surface area contributed by atoms with E-state index >= 15 is 0 Å². The van der Waals surface area contributed by atoms with Crippen LogP contribution in [0, 0.1) is 5.82 Å². The molecule has 0 saturated heterocycles. The number of fused-ring (bicyclic) bond motifs is 1. The number of rotatable bonds is 4. The number of hydrogen-bond acceptors (Lipinski definition) is 4. The smallest absolute Gasteiger partial charge is 0.231 e. The molecule has 0 unspecified atom stereocenters. The Morgan fingerprint density at radius 3 is 2.59 bits per heavy atom. The standard InChI is InChI=1S/C22H21FN4O2/c1-22(2,3)19-13-20(27(25-19)15-10-8-14(23)9-11-15)24-21(28)12-17-16-6-4-5-7-18(16)29-26-17/h4-11,13H,12H2,1-3H3,(H,24,28). The molecule has 0 aliphatic carbocycles. The summed E-state index contributed by atoms with van der Waals surface area (Å²) in [5.41, 5.74) is 2.46. The fraction of sp³-hybridized carbons (Fsp3) is 0.227. The van der Waals surface area contributed by atoms with Gasteiger partial charge in [-0.2, -0.15) is 5.10 Å². The number of amides is 1. The van der Waals surface area contributed by atoms with Crippen LogP contribution in [0.2, 0.25) is 0 Å². The molecule has 0 atom stereocenters. The van der Waals surface area contributed by atoms with Crippen molar-refractivity contribution in [2.24, 2.45) is 0 Å². The monoisotopic (exact) mass is 392 g/mol. The van der Waals surface area contributed by atoms with E-state index in [1.165, 1.54) is 12.1 Å². The molecular formula is C22H21FN4O2. The first-order valence-corrected chi connectivity index (χ1v) is 9.31. The van der Waals surface area contributed by atoms with Gasteiger partial charge >= 0.3 is 0 Å². The minimum Gasteiger partial charge on any atom is -0.356 e. The first kappa shape index (κ1) is 18.9. The molecule has 0 aliphatic heterocycles. The fourth-order valence-electron chi connectivity index (χ4n) is 3.02. The van der Waals surface area contributed by atoms with Crippen LogP contribution < -0.4 is 5.32 Å². The zero-order valence-corrected chi connectivity index (χ0v) is 16.4. The minimum atomic E-state index is -0.333. The summed E-state index contributed by atoms with van der Waals surface area (Å²) in [5.74, 6) is -0.0624. The average Bonchev–Trinajstić information content (AvgIpc) is 3.27. The van der Waals surface area contributed by atoms with Gasteiger partial charge in [0.2, 0.25) is 5.91 Å². The lowest BCUT2D eigenvalue weighted by atomic mass is 9.92. The van der Waals surface area contributed by atoms with Gasteiger partial charge < -0.3 is 9.84 Å². The van der Waals surface area contributed by atoms with Crippen molar-refractivity contribution in [1.82, 2.24) is 14.9 Å². The minimum absolute atomic E-state index is 0.0659. The van der Waals surface area contributed by atoms with Gasteiger partial charge in [-0.1, -0.05) is 38.1 Å². The number of aromatic nitrogens is 3. The second-order valence-corrected chi connectivity index (χ2v) is 7.90. The van der Waals surface area contributed by atoms with E-state index in [9.17, 15) is 9.18 Å². The van der Waals surface area contributed by atoms with Crippen LogP contribution in [-0.2, 0) is 16.6 Å². The molecule has 0 aliphatic rings. The Kier molecular flexibility index (Phi) is 4.66. The Bertz CT molecular complexity index is 1170. The van der Waals surface area contributed by atoms with E-state index in [0.717, 1.165) is 11.1 Å². The molecule has 148 valence electrons. The van der Waals surface area contributed by atoms with Crippen LogP contribution in [0.3, 0.4) is 0 Å². The van der Waals surface area contributed by atoms with Crippen LogP contribution in [0.4, 0.5) is 10.2 Å². The van der Waals surface area contributed by atoms with E-state index in [4.69, 9.17) is 4.52 Å². The normalized spacial score (nSPS) is 11.7. The Morgan fingerprint density at radius 1 is 1.14 bits per heavy atom. The molecule has 4 rings (SSSR count). The Morgan fingerprint density at radius 2 is 1.86 bits per heavy atom. The summed E-state index contributed by atoms with van der Waals surface area (Å²) in [7, 11) is 0. The molecular weight excluding hydrogens is 371 g/mol. The molecule has 2 aromatic carbocycles. The van der Waals surface area contributed by atoms with E-state index in [0.29, 0.717) is 22.8 Å². The van der Waals surface area contributed by atoms with Crippen LogP contribution in [0.15, 0.2) is 59.1 Å². The van der Waals surface area contributed by atoms with Crippen molar-refractivity contribution in [2.75, 3.05) is 5.32 Å². The van der Waals surface area contributed by atoms with Gasteiger partial charge in [-0.15, -0.1) is 0 Å². The van der Waals surface area contributed by atoms with Gasteiger partial charge in [0.25, 0.3) is 0 Å². The molecule has 0 radical (unpaired) electrons. The van der Waals surface area contributed by atoms with Crippen molar-refractivity contribution < 1.29 is 13.7 Å². The molecule has 2 aromatic heterocycles. The summed E-state index contributed by atoms with van der Waals surface area (Å²) in [4.78, 5) is 12.7. The fourth-order valence-corrected chi connectivity index (χ4v) is 3.02. The maximum Gasteiger partial charge on any atom is 0.231 e. The highest BCUT2D eigenvalue weighted by Gasteiger charge is 2.22. The number of carbonyl (C=O) groups is 1. The first-order chi connectivity index (χ1) is 13.8. The third-order valence-corrected chi connectivity index (χ3v) is 4.60. The van der Waals surface area contributed by atoms with Crippen molar-refractivity contribution in [2.45, 2.75) is 32.6 Å². The van der Waals surface area contributed by atoms with Gasteiger partial charge in [0.05, 0.1) is 17.8 Å². The van der Waals surface area contributed by atoms with Gasteiger partial charge in [0, 0.05) is 16.9 Å². The van der Waals surface area contributed by atoms with Crippen LogP contribution in [-0.4, -0.2) is 20.8 Å². The van der Waals surface area contributed by atoms with Crippen molar-refractivity contribution in [3.63, 3.8) is 0 Å². The van der Waals surface area contributed by atoms with Gasteiger partial charge in [-0.3, -0.25) is 4.79 Å².